The summed E-state index contributed by atoms with van der Waals surface area (Å²) in [6.07, 6.45) is 0.743. The van der Waals surface area contributed by atoms with Crippen molar-refractivity contribution in [1.82, 2.24) is 0 Å². The van der Waals surface area contributed by atoms with E-state index in [0.29, 0.717) is 11.4 Å². The number of aliphatic hydroxyl groups is 1. The van der Waals surface area contributed by atoms with Crippen molar-refractivity contribution in [1.29, 1.82) is 0 Å². The van der Waals surface area contributed by atoms with E-state index in [9.17, 15) is 10.1 Å². The van der Waals surface area contributed by atoms with E-state index in [1.807, 2.05) is 6.92 Å². The predicted octanol–water partition coefficient (Wildman–Crippen LogP) is 1.36. The highest BCUT2D eigenvalue weighted by Crippen LogP contribution is 2.24. The van der Waals surface area contributed by atoms with E-state index >= 15 is 0 Å². The Morgan fingerprint density at radius 2 is 2.31 bits per heavy atom. The van der Waals surface area contributed by atoms with Gasteiger partial charge in [-0.1, -0.05) is 6.92 Å². The highest BCUT2D eigenvalue weighted by Gasteiger charge is 2.11. The number of aliphatic hydroxyl groups excluding tert-OH is 1. The van der Waals surface area contributed by atoms with Crippen molar-refractivity contribution in [3.05, 3.63) is 28.3 Å². The smallest absolute Gasteiger partial charge is 0.271 e. The van der Waals surface area contributed by atoms with Gasteiger partial charge < -0.3 is 16.2 Å². The minimum Gasteiger partial charge on any atom is -0.397 e. The molecule has 1 aromatic rings. The molecule has 1 aromatic carbocycles. The molecule has 0 spiro atoms. The van der Waals surface area contributed by atoms with E-state index in [4.69, 9.17) is 10.8 Å². The van der Waals surface area contributed by atoms with Crippen molar-refractivity contribution in [2.24, 2.45) is 0 Å². The SMILES string of the molecule is CCC(CO)Nc1ccc([N+](=O)[O-])cc1N. The molecule has 0 aliphatic heterocycles. The number of hydrogen-bond donors (Lipinski definition) is 3. The van der Waals surface area contributed by atoms with Gasteiger partial charge in [-0.3, -0.25) is 10.1 Å². The number of nitro groups is 1. The lowest BCUT2D eigenvalue weighted by Crippen LogP contribution is -2.23. The molecular formula is C10H15N3O3. The van der Waals surface area contributed by atoms with E-state index in [0.717, 1.165) is 6.42 Å². The van der Waals surface area contributed by atoms with Crippen LogP contribution in [0.4, 0.5) is 17.1 Å². The van der Waals surface area contributed by atoms with Gasteiger partial charge in [0.1, 0.15) is 0 Å². The Morgan fingerprint density at radius 1 is 1.62 bits per heavy atom. The fourth-order valence-corrected chi connectivity index (χ4v) is 1.29. The average molecular weight is 225 g/mol. The van der Waals surface area contributed by atoms with Crippen LogP contribution in [0.25, 0.3) is 0 Å². The number of nitrogens with two attached hydrogens (primary N) is 1. The predicted molar refractivity (Wildman–Crippen MR) is 62.3 cm³/mol. The largest absolute Gasteiger partial charge is 0.397 e. The summed E-state index contributed by atoms with van der Waals surface area (Å²) >= 11 is 0. The van der Waals surface area contributed by atoms with Gasteiger partial charge >= 0.3 is 0 Å². The van der Waals surface area contributed by atoms with Gasteiger partial charge in [-0.25, -0.2) is 0 Å². The summed E-state index contributed by atoms with van der Waals surface area (Å²) in [6.45, 7) is 1.92. The van der Waals surface area contributed by atoms with Gasteiger partial charge in [0.25, 0.3) is 5.69 Å². The molecule has 0 saturated carbocycles. The van der Waals surface area contributed by atoms with Crippen LogP contribution in [0, 0.1) is 10.1 Å². The fourth-order valence-electron chi connectivity index (χ4n) is 1.29. The molecule has 6 nitrogen and oxygen atoms in total. The first-order valence-electron chi connectivity index (χ1n) is 4.99. The van der Waals surface area contributed by atoms with Crippen LogP contribution in [0.2, 0.25) is 0 Å². The topological polar surface area (TPSA) is 101 Å². The molecule has 0 aliphatic carbocycles. The molecule has 0 bridgehead atoms. The number of nitrogens with one attached hydrogen (secondary N) is 1. The number of benzene rings is 1. The summed E-state index contributed by atoms with van der Waals surface area (Å²) in [5, 5.41) is 22.5. The third-order valence-corrected chi connectivity index (χ3v) is 2.32. The zero-order valence-corrected chi connectivity index (χ0v) is 9.01. The van der Waals surface area contributed by atoms with E-state index < -0.39 is 4.92 Å². The molecule has 4 N–H and O–H groups in total. The first-order valence-corrected chi connectivity index (χ1v) is 4.99. The number of nitro benzene ring substituents is 1. The van der Waals surface area contributed by atoms with Crippen LogP contribution >= 0.6 is 0 Å². The number of anilines is 2. The Kier molecular flexibility index (Phi) is 4.07. The fraction of sp³-hybridized carbons (Fsp3) is 0.400. The van der Waals surface area contributed by atoms with Crippen molar-refractivity contribution in [3.8, 4) is 0 Å². The van der Waals surface area contributed by atoms with Gasteiger partial charge in [-0.05, 0) is 12.5 Å². The molecule has 0 radical (unpaired) electrons. The quantitative estimate of drug-likeness (QED) is 0.399. The molecular weight excluding hydrogens is 210 g/mol. The average Bonchev–Trinajstić information content (AvgIpc) is 2.27. The molecule has 0 amide bonds. The van der Waals surface area contributed by atoms with Crippen LogP contribution in [0.5, 0.6) is 0 Å². The molecule has 0 aliphatic rings. The summed E-state index contributed by atoms with van der Waals surface area (Å²) < 4.78 is 0. The molecule has 1 rings (SSSR count). The van der Waals surface area contributed by atoms with Crippen molar-refractivity contribution in [3.63, 3.8) is 0 Å². The second-order valence-electron chi connectivity index (χ2n) is 3.46. The normalized spacial score (nSPS) is 12.1. The van der Waals surface area contributed by atoms with Crippen LogP contribution in [-0.2, 0) is 0 Å². The molecule has 1 atom stereocenters. The second-order valence-corrected chi connectivity index (χ2v) is 3.46. The van der Waals surface area contributed by atoms with E-state index in [2.05, 4.69) is 5.32 Å². The van der Waals surface area contributed by atoms with Gasteiger partial charge in [0.15, 0.2) is 0 Å². The maximum absolute atomic E-state index is 10.5. The standard InChI is InChI=1S/C10H15N3O3/c1-2-7(6-14)12-10-4-3-8(13(15)16)5-9(10)11/h3-5,7,12,14H,2,6,11H2,1H3. The van der Waals surface area contributed by atoms with Crippen LogP contribution in [0.1, 0.15) is 13.3 Å². The lowest BCUT2D eigenvalue weighted by atomic mass is 10.2. The number of hydrogen-bond acceptors (Lipinski definition) is 5. The third-order valence-electron chi connectivity index (χ3n) is 2.32. The minimum absolute atomic E-state index is 0.00702. The Balaban J connectivity index is 2.86. The first-order chi connectivity index (χ1) is 7.58. The van der Waals surface area contributed by atoms with E-state index in [-0.39, 0.29) is 18.3 Å². The molecule has 6 heteroatoms. The number of nitrogen functional groups attached to an aromatic ring is 1. The zero-order chi connectivity index (χ0) is 12.1. The van der Waals surface area contributed by atoms with Crippen LogP contribution in [0.3, 0.4) is 0 Å². The van der Waals surface area contributed by atoms with Crippen LogP contribution < -0.4 is 11.1 Å². The monoisotopic (exact) mass is 225 g/mol. The van der Waals surface area contributed by atoms with Crippen molar-refractivity contribution < 1.29 is 10.0 Å². The van der Waals surface area contributed by atoms with Crippen LogP contribution in [-0.4, -0.2) is 22.7 Å². The molecule has 1 unspecified atom stereocenters. The molecule has 16 heavy (non-hydrogen) atoms. The summed E-state index contributed by atoms with van der Waals surface area (Å²) in [7, 11) is 0. The number of rotatable bonds is 5. The third kappa shape index (κ3) is 2.83. The number of nitrogens with zero attached hydrogens (tertiary/aromatic N) is 1. The van der Waals surface area contributed by atoms with Gasteiger partial charge in [-0.15, -0.1) is 0 Å². The Labute approximate surface area is 93.2 Å². The maximum atomic E-state index is 10.5. The summed E-state index contributed by atoms with van der Waals surface area (Å²) in [5.41, 5.74) is 6.54. The summed E-state index contributed by atoms with van der Waals surface area (Å²) in [4.78, 5) is 9.99. The number of non-ortho nitro benzene ring substituents is 1. The zero-order valence-electron chi connectivity index (χ0n) is 9.01. The van der Waals surface area contributed by atoms with Gasteiger partial charge in [-0.2, -0.15) is 0 Å². The van der Waals surface area contributed by atoms with Crippen LogP contribution in [0.15, 0.2) is 18.2 Å². The molecule has 0 fully saturated rings. The van der Waals surface area contributed by atoms with Crippen molar-refractivity contribution in [2.75, 3.05) is 17.7 Å². The first kappa shape index (κ1) is 12.3. The van der Waals surface area contributed by atoms with Crippen molar-refractivity contribution in [2.45, 2.75) is 19.4 Å². The molecule has 0 aromatic heterocycles. The Morgan fingerprint density at radius 3 is 2.75 bits per heavy atom. The molecule has 0 heterocycles. The lowest BCUT2D eigenvalue weighted by molar-refractivity contribution is -0.384. The Hall–Kier alpha value is -1.82. The summed E-state index contributed by atoms with van der Waals surface area (Å²) in [6, 6.07) is 4.13. The second kappa shape index (κ2) is 5.32. The van der Waals surface area contributed by atoms with Gasteiger partial charge in [0, 0.05) is 18.2 Å². The molecule has 88 valence electrons. The Bertz CT molecular complexity index is 378. The highest BCUT2D eigenvalue weighted by atomic mass is 16.6. The van der Waals surface area contributed by atoms with Gasteiger partial charge in [0.05, 0.1) is 22.9 Å². The van der Waals surface area contributed by atoms with E-state index in [1.165, 1.54) is 12.1 Å². The van der Waals surface area contributed by atoms with E-state index in [1.54, 1.807) is 6.07 Å². The molecule has 0 saturated heterocycles. The maximum Gasteiger partial charge on any atom is 0.271 e. The van der Waals surface area contributed by atoms with Crippen molar-refractivity contribution >= 4 is 17.1 Å². The summed E-state index contributed by atoms with van der Waals surface area (Å²) in [5.74, 6) is 0. The lowest BCUT2D eigenvalue weighted by Gasteiger charge is -2.16. The highest BCUT2D eigenvalue weighted by molar-refractivity contribution is 5.69. The minimum atomic E-state index is -0.497. The van der Waals surface area contributed by atoms with Gasteiger partial charge in [0.2, 0.25) is 0 Å².